The van der Waals surface area contributed by atoms with Crippen LogP contribution in [0.5, 0.6) is 0 Å². The first kappa shape index (κ1) is 12.6. The molecular weight excluding hydrogens is 270 g/mol. The number of nitrogens with two attached hydrogens (primary N) is 1. The lowest BCUT2D eigenvalue weighted by atomic mass is 10.2. The van der Waals surface area contributed by atoms with Gasteiger partial charge in [-0.05, 0) is 18.2 Å². The van der Waals surface area contributed by atoms with E-state index in [9.17, 15) is 0 Å². The molecule has 0 saturated heterocycles. The van der Waals surface area contributed by atoms with Crippen molar-refractivity contribution in [3.63, 3.8) is 0 Å². The molecule has 98 valence electrons. The zero-order chi connectivity index (χ0) is 13.9. The fraction of sp³-hybridized carbons (Fsp3) is 0. The van der Waals surface area contributed by atoms with E-state index in [0.717, 1.165) is 20.8 Å². The van der Waals surface area contributed by atoms with Crippen LogP contribution in [0.15, 0.2) is 58.8 Å². The molecule has 5 nitrogen and oxygen atoms in total. The lowest BCUT2D eigenvalue weighted by molar-refractivity contribution is 1.09. The number of pyridine rings is 1. The molecule has 3 aromatic rings. The minimum absolute atomic E-state index is 0.0496. The number of fused-ring (bicyclic) bond motifs is 1. The highest BCUT2D eigenvalue weighted by Crippen LogP contribution is 2.32. The van der Waals surface area contributed by atoms with Crippen molar-refractivity contribution in [2.75, 3.05) is 0 Å². The SMILES string of the molecule is N=C(N)c1ncccc1Sc1ncnc2ccccc12. The van der Waals surface area contributed by atoms with Gasteiger partial charge in [-0.1, -0.05) is 30.0 Å². The second-order valence-corrected chi connectivity index (χ2v) is 5.09. The van der Waals surface area contributed by atoms with Crippen molar-refractivity contribution in [3.8, 4) is 0 Å². The van der Waals surface area contributed by atoms with Crippen molar-refractivity contribution < 1.29 is 0 Å². The van der Waals surface area contributed by atoms with Gasteiger partial charge < -0.3 is 5.73 Å². The van der Waals surface area contributed by atoms with Gasteiger partial charge in [-0.15, -0.1) is 0 Å². The van der Waals surface area contributed by atoms with Crippen LogP contribution in [0.1, 0.15) is 5.69 Å². The van der Waals surface area contributed by atoms with E-state index in [4.69, 9.17) is 11.1 Å². The minimum Gasteiger partial charge on any atom is -0.382 e. The van der Waals surface area contributed by atoms with Crippen molar-refractivity contribution in [2.24, 2.45) is 5.73 Å². The number of nitrogen functional groups attached to an aromatic ring is 1. The summed E-state index contributed by atoms with van der Waals surface area (Å²) < 4.78 is 0. The van der Waals surface area contributed by atoms with Crippen LogP contribution in [0.4, 0.5) is 0 Å². The molecule has 2 heterocycles. The maximum Gasteiger partial charge on any atom is 0.142 e. The molecule has 3 rings (SSSR count). The second kappa shape index (κ2) is 5.26. The molecule has 0 aliphatic carbocycles. The summed E-state index contributed by atoms with van der Waals surface area (Å²) in [4.78, 5) is 13.5. The van der Waals surface area contributed by atoms with Crippen LogP contribution in [0, 0.1) is 5.41 Å². The molecule has 0 amide bonds. The summed E-state index contributed by atoms with van der Waals surface area (Å²) >= 11 is 1.44. The van der Waals surface area contributed by atoms with Crippen LogP contribution in [0.2, 0.25) is 0 Å². The largest absolute Gasteiger partial charge is 0.382 e. The van der Waals surface area contributed by atoms with Gasteiger partial charge in [0.05, 0.1) is 5.52 Å². The van der Waals surface area contributed by atoms with Crippen LogP contribution in [0.3, 0.4) is 0 Å². The number of nitrogens with one attached hydrogen (secondary N) is 1. The highest BCUT2D eigenvalue weighted by atomic mass is 32.2. The van der Waals surface area contributed by atoms with Gasteiger partial charge in [-0.25, -0.2) is 9.97 Å². The first-order chi connectivity index (χ1) is 9.75. The van der Waals surface area contributed by atoms with Crippen LogP contribution < -0.4 is 5.73 Å². The minimum atomic E-state index is -0.0496. The molecule has 0 radical (unpaired) electrons. The van der Waals surface area contributed by atoms with Crippen molar-refractivity contribution in [2.45, 2.75) is 9.92 Å². The van der Waals surface area contributed by atoms with Crippen molar-refractivity contribution >= 4 is 28.5 Å². The molecule has 3 N–H and O–H groups in total. The Bertz CT molecular complexity index is 782. The molecule has 0 bridgehead atoms. The number of hydrogen-bond acceptors (Lipinski definition) is 5. The highest BCUT2D eigenvalue weighted by Gasteiger charge is 2.11. The molecule has 0 saturated carbocycles. The summed E-state index contributed by atoms with van der Waals surface area (Å²) in [5.41, 5.74) is 6.92. The maximum absolute atomic E-state index is 7.57. The van der Waals surface area contributed by atoms with E-state index in [1.807, 2.05) is 36.4 Å². The van der Waals surface area contributed by atoms with Gasteiger partial charge in [0.1, 0.15) is 22.9 Å². The van der Waals surface area contributed by atoms with Gasteiger partial charge in [0.25, 0.3) is 0 Å². The van der Waals surface area contributed by atoms with Gasteiger partial charge in [0.15, 0.2) is 0 Å². The first-order valence-corrected chi connectivity index (χ1v) is 6.74. The molecule has 0 fully saturated rings. The van der Waals surface area contributed by atoms with Crippen LogP contribution in [0.25, 0.3) is 10.9 Å². The summed E-state index contributed by atoms with van der Waals surface area (Å²) in [6.07, 6.45) is 3.16. The Kier molecular flexibility index (Phi) is 3.30. The van der Waals surface area contributed by atoms with E-state index in [1.54, 1.807) is 6.20 Å². The molecule has 2 aromatic heterocycles. The maximum atomic E-state index is 7.57. The normalized spacial score (nSPS) is 10.6. The topological polar surface area (TPSA) is 88.5 Å². The molecule has 0 aliphatic rings. The van der Waals surface area contributed by atoms with Crippen LogP contribution >= 0.6 is 11.8 Å². The number of benzene rings is 1. The number of amidine groups is 1. The Hall–Kier alpha value is -2.47. The van der Waals surface area contributed by atoms with Gasteiger partial charge in [0, 0.05) is 16.5 Å². The molecule has 0 spiro atoms. The van der Waals surface area contributed by atoms with Crippen molar-refractivity contribution in [3.05, 3.63) is 54.6 Å². The number of hydrogen-bond donors (Lipinski definition) is 2. The van der Waals surface area contributed by atoms with E-state index < -0.39 is 0 Å². The van der Waals surface area contributed by atoms with E-state index in [2.05, 4.69) is 15.0 Å². The van der Waals surface area contributed by atoms with E-state index >= 15 is 0 Å². The summed E-state index contributed by atoms with van der Waals surface area (Å²) in [5.74, 6) is -0.0496. The summed E-state index contributed by atoms with van der Waals surface area (Å²) in [6.45, 7) is 0. The zero-order valence-electron chi connectivity index (χ0n) is 10.4. The van der Waals surface area contributed by atoms with E-state index in [0.29, 0.717) is 5.69 Å². The zero-order valence-corrected chi connectivity index (χ0v) is 11.3. The van der Waals surface area contributed by atoms with Crippen molar-refractivity contribution in [1.29, 1.82) is 5.41 Å². The number of nitrogens with zero attached hydrogens (tertiary/aromatic N) is 3. The third-order valence-electron chi connectivity index (χ3n) is 2.74. The molecular formula is C14H11N5S. The fourth-order valence-corrected chi connectivity index (χ4v) is 2.84. The highest BCUT2D eigenvalue weighted by molar-refractivity contribution is 7.99. The lowest BCUT2D eigenvalue weighted by Gasteiger charge is -2.07. The van der Waals surface area contributed by atoms with Gasteiger partial charge in [-0.2, -0.15) is 0 Å². The summed E-state index contributed by atoms with van der Waals surface area (Å²) in [5, 5.41) is 9.37. The Morgan fingerprint density at radius 3 is 2.75 bits per heavy atom. The predicted molar refractivity (Wildman–Crippen MR) is 78.9 cm³/mol. The molecule has 20 heavy (non-hydrogen) atoms. The van der Waals surface area contributed by atoms with E-state index in [-0.39, 0.29) is 5.84 Å². The summed E-state index contributed by atoms with van der Waals surface area (Å²) in [6, 6.07) is 11.5. The lowest BCUT2D eigenvalue weighted by Crippen LogP contribution is -2.14. The van der Waals surface area contributed by atoms with Gasteiger partial charge in [-0.3, -0.25) is 10.4 Å². The van der Waals surface area contributed by atoms with Gasteiger partial charge in [0.2, 0.25) is 0 Å². The predicted octanol–water partition coefficient (Wildman–Crippen LogP) is 2.46. The quantitative estimate of drug-likeness (QED) is 0.437. The first-order valence-electron chi connectivity index (χ1n) is 5.93. The third kappa shape index (κ3) is 2.33. The Morgan fingerprint density at radius 2 is 1.90 bits per heavy atom. The van der Waals surface area contributed by atoms with E-state index in [1.165, 1.54) is 18.1 Å². The summed E-state index contributed by atoms with van der Waals surface area (Å²) in [7, 11) is 0. The Labute approximate surface area is 119 Å². The monoisotopic (exact) mass is 281 g/mol. The molecule has 1 aromatic carbocycles. The average molecular weight is 281 g/mol. The number of aromatic nitrogens is 3. The Balaban J connectivity index is 2.08. The molecule has 0 unspecified atom stereocenters. The molecule has 6 heteroatoms. The van der Waals surface area contributed by atoms with Crippen LogP contribution in [-0.2, 0) is 0 Å². The third-order valence-corrected chi connectivity index (χ3v) is 3.81. The van der Waals surface area contributed by atoms with Crippen molar-refractivity contribution in [1.82, 2.24) is 15.0 Å². The molecule has 0 aliphatic heterocycles. The Morgan fingerprint density at radius 1 is 1.05 bits per heavy atom. The fourth-order valence-electron chi connectivity index (χ4n) is 1.84. The number of para-hydroxylation sites is 1. The van der Waals surface area contributed by atoms with Crippen LogP contribution in [-0.4, -0.2) is 20.8 Å². The molecule has 0 atom stereocenters. The second-order valence-electron chi connectivity index (χ2n) is 4.06. The van der Waals surface area contributed by atoms with Gasteiger partial charge >= 0.3 is 0 Å². The average Bonchev–Trinajstić information content (AvgIpc) is 2.48. The number of rotatable bonds is 3. The smallest absolute Gasteiger partial charge is 0.142 e. The standard InChI is InChI=1S/C14H11N5S/c15-13(16)12-11(6-3-7-17-12)20-14-9-4-1-2-5-10(9)18-8-19-14/h1-8H,(H3,15,16).